The van der Waals surface area contributed by atoms with Crippen molar-refractivity contribution in [2.75, 3.05) is 52.4 Å². The van der Waals surface area contributed by atoms with Crippen LogP contribution < -0.4 is 0 Å². The van der Waals surface area contributed by atoms with Crippen LogP contribution in [0.4, 0.5) is 0 Å². The standard InChI is InChI=1S/C23H45N3O2/c1-22(2,3)26-15-13-25(14-16-26)12-11-24-9-7-19(8-10-24)27-20-17-21(18-20)28-23(4,5)6/h19-21H,7-18H2,1-6H3/t20-,21-. The van der Waals surface area contributed by atoms with E-state index in [9.17, 15) is 0 Å². The third-order valence-corrected chi connectivity index (χ3v) is 6.54. The number of hydrogen-bond donors (Lipinski definition) is 0. The van der Waals surface area contributed by atoms with E-state index in [1.165, 1.54) is 65.2 Å². The predicted octanol–water partition coefficient (Wildman–Crippen LogP) is 3.23. The van der Waals surface area contributed by atoms with E-state index in [2.05, 4.69) is 56.2 Å². The molecule has 1 aliphatic carbocycles. The van der Waals surface area contributed by atoms with Gasteiger partial charge in [-0.25, -0.2) is 0 Å². The van der Waals surface area contributed by atoms with Crippen molar-refractivity contribution in [3.05, 3.63) is 0 Å². The van der Waals surface area contributed by atoms with Crippen molar-refractivity contribution in [3.63, 3.8) is 0 Å². The SMILES string of the molecule is CC(C)(C)O[C@H]1C[C@H](OC2CCN(CCN3CCN(C(C)(C)C)CC3)CC2)C1. The van der Waals surface area contributed by atoms with E-state index in [0.29, 0.717) is 23.9 Å². The summed E-state index contributed by atoms with van der Waals surface area (Å²) in [5.74, 6) is 0. The highest BCUT2D eigenvalue weighted by Crippen LogP contribution is 2.32. The Kier molecular flexibility index (Phi) is 7.47. The molecule has 2 saturated heterocycles. The molecule has 164 valence electrons. The van der Waals surface area contributed by atoms with Crippen LogP contribution >= 0.6 is 0 Å². The fourth-order valence-electron chi connectivity index (χ4n) is 4.69. The molecule has 0 unspecified atom stereocenters. The van der Waals surface area contributed by atoms with E-state index < -0.39 is 0 Å². The third-order valence-electron chi connectivity index (χ3n) is 6.54. The summed E-state index contributed by atoms with van der Waals surface area (Å²) in [6, 6.07) is 0. The van der Waals surface area contributed by atoms with E-state index in [1.807, 2.05) is 0 Å². The van der Waals surface area contributed by atoms with Crippen LogP contribution in [0.3, 0.4) is 0 Å². The van der Waals surface area contributed by atoms with Gasteiger partial charge < -0.3 is 14.4 Å². The van der Waals surface area contributed by atoms with Gasteiger partial charge in [-0.1, -0.05) is 0 Å². The maximum atomic E-state index is 6.34. The number of ether oxygens (including phenoxy) is 2. The molecule has 0 spiro atoms. The minimum absolute atomic E-state index is 0.0274. The molecular weight excluding hydrogens is 350 g/mol. The van der Waals surface area contributed by atoms with Crippen LogP contribution in [-0.2, 0) is 9.47 Å². The molecule has 28 heavy (non-hydrogen) atoms. The van der Waals surface area contributed by atoms with Gasteiger partial charge >= 0.3 is 0 Å². The molecule has 5 nitrogen and oxygen atoms in total. The molecule has 0 atom stereocenters. The summed E-state index contributed by atoms with van der Waals surface area (Å²) < 4.78 is 12.4. The molecule has 3 rings (SSSR count). The lowest BCUT2D eigenvalue weighted by molar-refractivity contribution is -0.167. The Hall–Kier alpha value is -0.200. The van der Waals surface area contributed by atoms with E-state index in [1.54, 1.807) is 0 Å². The highest BCUT2D eigenvalue weighted by molar-refractivity contribution is 4.86. The van der Waals surface area contributed by atoms with Crippen molar-refractivity contribution in [2.24, 2.45) is 0 Å². The van der Waals surface area contributed by atoms with E-state index >= 15 is 0 Å². The largest absolute Gasteiger partial charge is 0.375 e. The molecule has 0 amide bonds. The number of piperazine rings is 1. The summed E-state index contributed by atoms with van der Waals surface area (Å²) in [7, 11) is 0. The highest BCUT2D eigenvalue weighted by Gasteiger charge is 2.35. The molecule has 3 aliphatic rings. The smallest absolute Gasteiger partial charge is 0.0631 e. The van der Waals surface area contributed by atoms with Crippen LogP contribution in [0.1, 0.15) is 67.2 Å². The van der Waals surface area contributed by atoms with Gasteiger partial charge in [-0.2, -0.15) is 0 Å². The highest BCUT2D eigenvalue weighted by atomic mass is 16.5. The normalized spacial score (nSPS) is 29.8. The number of likely N-dealkylation sites (tertiary alicyclic amines) is 1. The fraction of sp³-hybridized carbons (Fsp3) is 1.00. The predicted molar refractivity (Wildman–Crippen MR) is 116 cm³/mol. The van der Waals surface area contributed by atoms with Crippen LogP contribution in [0, 0.1) is 0 Å². The van der Waals surface area contributed by atoms with E-state index in [-0.39, 0.29) is 5.60 Å². The van der Waals surface area contributed by atoms with Gasteiger partial charge in [0.2, 0.25) is 0 Å². The van der Waals surface area contributed by atoms with Crippen LogP contribution in [-0.4, -0.2) is 96.5 Å². The quantitative estimate of drug-likeness (QED) is 0.688. The number of piperidine rings is 1. The first-order valence-electron chi connectivity index (χ1n) is 11.6. The maximum Gasteiger partial charge on any atom is 0.0631 e. The van der Waals surface area contributed by atoms with Gasteiger partial charge in [0.25, 0.3) is 0 Å². The van der Waals surface area contributed by atoms with Gasteiger partial charge in [-0.15, -0.1) is 0 Å². The van der Waals surface area contributed by atoms with Crippen molar-refractivity contribution in [1.29, 1.82) is 0 Å². The van der Waals surface area contributed by atoms with Crippen LogP contribution in [0.2, 0.25) is 0 Å². The van der Waals surface area contributed by atoms with Crippen LogP contribution in [0.15, 0.2) is 0 Å². The zero-order chi connectivity index (χ0) is 20.4. The zero-order valence-electron chi connectivity index (χ0n) is 19.4. The maximum absolute atomic E-state index is 6.34. The molecule has 0 bridgehead atoms. The van der Waals surface area contributed by atoms with Crippen molar-refractivity contribution in [1.82, 2.24) is 14.7 Å². The number of hydrogen-bond acceptors (Lipinski definition) is 5. The van der Waals surface area contributed by atoms with Crippen molar-refractivity contribution in [2.45, 2.75) is 96.7 Å². The molecule has 2 aliphatic heterocycles. The Bertz CT molecular complexity index is 463. The summed E-state index contributed by atoms with van der Waals surface area (Å²) in [5.41, 5.74) is 0.285. The number of nitrogens with zero attached hydrogens (tertiary/aromatic N) is 3. The molecule has 1 saturated carbocycles. The van der Waals surface area contributed by atoms with Gasteiger partial charge in [-0.05, 0) is 67.2 Å². The van der Waals surface area contributed by atoms with Crippen molar-refractivity contribution in [3.8, 4) is 0 Å². The minimum atomic E-state index is -0.0274. The topological polar surface area (TPSA) is 28.2 Å². The first-order valence-corrected chi connectivity index (χ1v) is 11.6. The average Bonchev–Trinajstić information content (AvgIpc) is 2.58. The number of rotatable bonds is 6. The van der Waals surface area contributed by atoms with Gasteiger partial charge in [-0.3, -0.25) is 9.80 Å². The van der Waals surface area contributed by atoms with Gasteiger partial charge in [0.15, 0.2) is 0 Å². The molecule has 0 radical (unpaired) electrons. The summed E-state index contributed by atoms with van der Waals surface area (Å²) in [5, 5.41) is 0. The van der Waals surface area contributed by atoms with Crippen LogP contribution in [0.5, 0.6) is 0 Å². The molecule has 5 heteroatoms. The molecule has 3 fully saturated rings. The Morgan fingerprint density at radius 3 is 1.71 bits per heavy atom. The fourth-order valence-corrected chi connectivity index (χ4v) is 4.69. The summed E-state index contributed by atoms with van der Waals surface area (Å²) in [6.07, 6.45) is 5.85. The zero-order valence-corrected chi connectivity index (χ0v) is 19.4. The molecule has 0 aromatic heterocycles. The molecular formula is C23H45N3O2. The summed E-state index contributed by atoms with van der Waals surface area (Å²) in [4.78, 5) is 7.90. The van der Waals surface area contributed by atoms with E-state index in [4.69, 9.17) is 9.47 Å². The van der Waals surface area contributed by atoms with Crippen LogP contribution in [0.25, 0.3) is 0 Å². The van der Waals surface area contributed by atoms with Gasteiger partial charge in [0.05, 0.1) is 23.9 Å². The summed E-state index contributed by atoms with van der Waals surface area (Å²) >= 11 is 0. The molecule has 0 aromatic rings. The summed E-state index contributed by atoms with van der Waals surface area (Å²) in [6.45, 7) is 23.1. The van der Waals surface area contributed by atoms with E-state index in [0.717, 1.165) is 12.8 Å². The van der Waals surface area contributed by atoms with Crippen molar-refractivity contribution < 1.29 is 9.47 Å². The Labute approximate surface area is 173 Å². The minimum Gasteiger partial charge on any atom is -0.375 e. The first-order chi connectivity index (χ1) is 13.1. The second-order valence-electron chi connectivity index (χ2n) is 11.1. The lowest BCUT2D eigenvalue weighted by Gasteiger charge is -2.43. The Balaban J connectivity index is 1.25. The second kappa shape index (κ2) is 9.30. The van der Waals surface area contributed by atoms with Gasteiger partial charge in [0, 0.05) is 57.9 Å². The molecule has 0 N–H and O–H groups in total. The monoisotopic (exact) mass is 395 g/mol. The Morgan fingerprint density at radius 2 is 1.21 bits per heavy atom. The first kappa shape index (κ1) is 22.5. The average molecular weight is 396 g/mol. The lowest BCUT2D eigenvalue weighted by atomic mass is 9.90. The third kappa shape index (κ3) is 6.94. The van der Waals surface area contributed by atoms with Gasteiger partial charge in [0.1, 0.15) is 0 Å². The van der Waals surface area contributed by atoms with Crippen molar-refractivity contribution >= 4 is 0 Å². The molecule has 0 aromatic carbocycles. The second-order valence-corrected chi connectivity index (χ2v) is 11.1. The lowest BCUT2D eigenvalue weighted by Crippen LogP contribution is -2.54. The molecule has 2 heterocycles. The Morgan fingerprint density at radius 1 is 0.679 bits per heavy atom.